The second-order valence-electron chi connectivity index (χ2n) is 5.29. The molecule has 1 atom stereocenters. The van der Waals surface area contributed by atoms with E-state index in [9.17, 15) is 0 Å². The lowest BCUT2D eigenvalue weighted by Crippen LogP contribution is -2.45. The monoisotopic (exact) mass is 385 g/mol. The smallest absolute Gasteiger partial charge is 0.111 e. The van der Waals surface area contributed by atoms with Gasteiger partial charge in [0.2, 0.25) is 0 Å². The predicted molar refractivity (Wildman–Crippen MR) is 95.2 cm³/mol. The van der Waals surface area contributed by atoms with Crippen LogP contribution in [0.25, 0.3) is 10.6 Å². The third-order valence-corrected chi connectivity index (χ3v) is 6.44. The standard InChI is InChI=1S/C15H20BrN3S2/c1-2-3-13(19-6-4-17-5-7-19)15-18-12(10-21-15)14-8-11(16)9-20-14/h8-10,13,17H,2-7H2,1H3. The fourth-order valence-electron chi connectivity index (χ4n) is 2.73. The molecule has 0 amide bonds. The van der Waals surface area contributed by atoms with Gasteiger partial charge in [0.1, 0.15) is 5.01 Å². The number of hydrogen-bond donors (Lipinski definition) is 1. The molecule has 0 aliphatic carbocycles. The van der Waals surface area contributed by atoms with E-state index in [0.717, 1.165) is 36.3 Å². The summed E-state index contributed by atoms with van der Waals surface area (Å²) in [4.78, 5) is 8.77. The first-order valence-corrected chi connectivity index (χ1v) is 9.97. The topological polar surface area (TPSA) is 28.2 Å². The third-order valence-electron chi connectivity index (χ3n) is 3.78. The number of thiazole rings is 1. The maximum absolute atomic E-state index is 4.93. The van der Waals surface area contributed by atoms with Crippen molar-refractivity contribution in [1.82, 2.24) is 15.2 Å². The minimum Gasteiger partial charge on any atom is -0.314 e. The van der Waals surface area contributed by atoms with Crippen molar-refractivity contribution < 1.29 is 0 Å². The Hall–Kier alpha value is -0.270. The number of nitrogens with one attached hydrogen (secondary N) is 1. The summed E-state index contributed by atoms with van der Waals surface area (Å²) in [5.74, 6) is 0. The molecular weight excluding hydrogens is 366 g/mol. The van der Waals surface area contributed by atoms with E-state index in [4.69, 9.17) is 4.98 Å². The lowest BCUT2D eigenvalue weighted by molar-refractivity contribution is 0.164. The summed E-state index contributed by atoms with van der Waals surface area (Å²) >= 11 is 7.09. The molecule has 3 nitrogen and oxygen atoms in total. The fourth-order valence-corrected chi connectivity index (χ4v) is 5.18. The summed E-state index contributed by atoms with van der Waals surface area (Å²) in [5, 5.41) is 9.04. The molecule has 1 fully saturated rings. The molecule has 2 aromatic heterocycles. The molecular formula is C15H20BrN3S2. The number of nitrogens with zero attached hydrogens (tertiary/aromatic N) is 2. The van der Waals surface area contributed by atoms with E-state index in [2.05, 4.69) is 49.9 Å². The van der Waals surface area contributed by atoms with Gasteiger partial charge in [-0.1, -0.05) is 13.3 Å². The quantitative estimate of drug-likeness (QED) is 0.827. The van der Waals surface area contributed by atoms with Crippen molar-refractivity contribution in [3.05, 3.63) is 26.3 Å². The molecule has 3 rings (SSSR count). The normalized spacial score (nSPS) is 18.0. The van der Waals surface area contributed by atoms with Crippen LogP contribution in [0.4, 0.5) is 0 Å². The largest absolute Gasteiger partial charge is 0.314 e. The zero-order valence-electron chi connectivity index (χ0n) is 12.1. The number of thiophene rings is 1. The molecule has 114 valence electrons. The molecule has 1 saturated heterocycles. The van der Waals surface area contributed by atoms with Gasteiger partial charge in [0.25, 0.3) is 0 Å². The van der Waals surface area contributed by atoms with Gasteiger partial charge in [-0.3, -0.25) is 4.90 Å². The summed E-state index contributed by atoms with van der Waals surface area (Å²) in [5.41, 5.74) is 1.13. The van der Waals surface area contributed by atoms with Crippen molar-refractivity contribution in [1.29, 1.82) is 0 Å². The molecule has 0 radical (unpaired) electrons. The molecule has 3 heterocycles. The average Bonchev–Trinajstić information content (AvgIpc) is 3.14. The van der Waals surface area contributed by atoms with E-state index in [0.29, 0.717) is 6.04 Å². The van der Waals surface area contributed by atoms with Crippen molar-refractivity contribution in [3.8, 4) is 10.6 Å². The van der Waals surface area contributed by atoms with Gasteiger partial charge in [-0.05, 0) is 28.4 Å². The Balaban J connectivity index is 1.81. The molecule has 1 unspecified atom stereocenters. The van der Waals surface area contributed by atoms with Crippen LogP contribution in [-0.2, 0) is 0 Å². The maximum Gasteiger partial charge on any atom is 0.111 e. The molecule has 6 heteroatoms. The summed E-state index contributed by atoms with van der Waals surface area (Å²) in [6.45, 7) is 6.71. The van der Waals surface area contributed by atoms with Gasteiger partial charge < -0.3 is 5.32 Å². The summed E-state index contributed by atoms with van der Waals surface area (Å²) in [6.07, 6.45) is 2.40. The molecule has 2 aromatic rings. The SMILES string of the molecule is CCCC(c1nc(-c2cc(Br)cs2)cs1)N1CCNCC1. The lowest BCUT2D eigenvalue weighted by Gasteiger charge is -2.33. The highest BCUT2D eigenvalue weighted by Crippen LogP contribution is 2.34. The van der Waals surface area contributed by atoms with Crippen LogP contribution in [0.5, 0.6) is 0 Å². The van der Waals surface area contributed by atoms with Gasteiger partial charge >= 0.3 is 0 Å². The Morgan fingerprint density at radius 2 is 2.14 bits per heavy atom. The molecule has 0 bridgehead atoms. The van der Waals surface area contributed by atoms with Gasteiger partial charge in [-0.2, -0.15) is 0 Å². The van der Waals surface area contributed by atoms with Crippen molar-refractivity contribution >= 4 is 38.6 Å². The fraction of sp³-hybridized carbons (Fsp3) is 0.533. The molecule has 1 N–H and O–H groups in total. The second-order valence-corrected chi connectivity index (χ2v) is 8.01. The Morgan fingerprint density at radius 3 is 2.81 bits per heavy atom. The van der Waals surface area contributed by atoms with Crippen LogP contribution >= 0.6 is 38.6 Å². The first kappa shape index (κ1) is 15.6. The van der Waals surface area contributed by atoms with Gasteiger partial charge in [0.15, 0.2) is 0 Å². The molecule has 1 aliphatic rings. The van der Waals surface area contributed by atoms with Crippen LogP contribution in [0.2, 0.25) is 0 Å². The highest BCUT2D eigenvalue weighted by molar-refractivity contribution is 9.10. The molecule has 0 saturated carbocycles. The van der Waals surface area contributed by atoms with E-state index < -0.39 is 0 Å². The van der Waals surface area contributed by atoms with Crippen molar-refractivity contribution in [2.24, 2.45) is 0 Å². The molecule has 21 heavy (non-hydrogen) atoms. The third kappa shape index (κ3) is 3.74. The van der Waals surface area contributed by atoms with E-state index in [1.165, 1.54) is 22.7 Å². The maximum atomic E-state index is 4.93. The van der Waals surface area contributed by atoms with Crippen LogP contribution in [0.15, 0.2) is 21.3 Å². The van der Waals surface area contributed by atoms with Gasteiger partial charge in [0, 0.05) is 41.4 Å². The van der Waals surface area contributed by atoms with Crippen LogP contribution in [0.3, 0.4) is 0 Å². The number of hydrogen-bond acceptors (Lipinski definition) is 5. The highest BCUT2D eigenvalue weighted by atomic mass is 79.9. The Labute approximate surface area is 142 Å². The summed E-state index contributed by atoms with van der Waals surface area (Å²) in [6, 6.07) is 2.64. The van der Waals surface area contributed by atoms with Crippen molar-refractivity contribution in [3.63, 3.8) is 0 Å². The van der Waals surface area contributed by atoms with E-state index in [1.807, 2.05) is 11.3 Å². The van der Waals surface area contributed by atoms with Crippen molar-refractivity contribution in [2.45, 2.75) is 25.8 Å². The van der Waals surface area contributed by atoms with Crippen LogP contribution in [0.1, 0.15) is 30.8 Å². The highest BCUT2D eigenvalue weighted by Gasteiger charge is 2.24. The lowest BCUT2D eigenvalue weighted by atomic mass is 10.1. The minimum absolute atomic E-state index is 0.485. The molecule has 0 aromatic carbocycles. The minimum atomic E-state index is 0.485. The number of piperazine rings is 1. The van der Waals surface area contributed by atoms with Crippen LogP contribution in [0, 0.1) is 0 Å². The van der Waals surface area contributed by atoms with Gasteiger partial charge in [0.05, 0.1) is 16.6 Å². The molecule has 0 spiro atoms. The molecule has 1 aliphatic heterocycles. The van der Waals surface area contributed by atoms with E-state index >= 15 is 0 Å². The first-order valence-electron chi connectivity index (χ1n) is 7.42. The zero-order valence-corrected chi connectivity index (χ0v) is 15.4. The summed E-state index contributed by atoms with van der Waals surface area (Å²) in [7, 11) is 0. The van der Waals surface area contributed by atoms with Crippen LogP contribution in [-0.4, -0.2) is 36.1 Å². The Bertz CT molecular complexity index is 575. The number of halogens is 1. The van der Waals surface area contributed by atoms with E-state index in [1.54, 1.807) is 11.3 Å². The average molecular weight is 386 g/mol. The first-order chi connectivity index (χ1) is 10.3. The van der Waals surface area contributed by atoms with Crippen LogP contribution < -0.4 is 5.32 Å². The predicted octanol–water partition coefficient (Wildman–Crippen LogP) is 4.38. The Morgan fingerprint density at radius 1 is 1.33 bits per heavy atom. The number of aromatic nitrogens is 1. The van der Waals surface area contributed by atoms with Crippen molar-refractivity contribution in [2.75, 3.05) is 26.2 Å². The van der Waals surface area contributed by atoms with E-state index in [-0.39, 0.29) is 0 Å². The second kappa shape index (κ2) is 7.33. The number of rotatable bonds is 5. The Kier molecular flexibility index (Phi) is 5.45. The summed E-state index contributed by atoms with van der Waals surface area (Å²) < 4.78 is 1.14. The zero-order chi connectivity index (χ0) is 14.7. The van der Waals surface area contributed by atoms with Gasteiger partial charge in [-0.25, -0.2) is 4.98 Å². The van der Waals surface area contributed by atoms with Gasteiger partial charge in [-0.15, -0.1) is 22.7 Å².